The van der Waals surface area contributed by atoms with E-state index in [1.54, 1.807) is 24.4 Å². The molecule has 2 aromatic carbocycles. The van der Waals surface area contributed by atoms with Gasteiger partial charge >= 0.3 is 0 Å². The zero-order valence-corrected chi connectivity index (χ0v) is 15.3. The third-order valence-electron chi connectivity index (χ3n) is 4.81. The van der Waals surface area contributed by atoms with E-state index in [1.807, 2.05) is 59.1 Å². The molecule has 28 heavy (non-hydrogen) atoms. The molecule has 4 aromatic rings. The monoisotopic (exact) mass is 373 g/mol. The van der Waals surface area contributed by atoms with E-state index in [9.17, 15) is 9.18 Å². The summed E-state index contributed by atoms with van der Waals surface area (Å²) in [5.74, 6) is -0.897. The van der Waals surface area contributed by atoms with Crippen LogP contribution < -0.4 is 5.32 Å². The highest BCUT2D eigenvalue weighted by Gasteiger charge is 2.24. The summed E-state index contributed by atoms with van der Waals surface area (Å²) in [6.07, 6.45) is 3.74. The van der Waals surface area contributed by atoms with Crippen molar-refractivity contribution in [3.8, 4) is 0 Å². The van der Waals surface area contributed by atoms with E-state index in [2.05, 4.69) is 10.3 Å². The number of pyridine rings is 1. The minimum Gasteiger partial charge on any atom is -0.352 e. The third-order valence-corrected chi connectivity index (χ3v) is 4.81. The van der Waals surface area contributed by atoms with Gasteiger partial charge < -0.3 is 9.72 Å². The maximum absolute atomic E-state index is 14.6. The van der Waals surface area contributed by atoms with Crippen LogP contribution in [0.5, 0.6) is 0 Å². The number of carbonyl (C=O) groups excluding carboxylic acids is 1. The molecule has 1 unspecified atom stereocenters. The van der Waals surface area contributed by atoms with Crippen molar-refractivity contribution < 1.29 is 9.18 Å². The SMILES string of the molecule is O=C(CC(c1ccccc1F)c1cnc2ccccn12)NCc1ccccc1. The van der Waals surface area contributed by atoms with Gasteiger partial charge in [-0.3, -0.25) is 4.79 Å². The summed E-state index contributed by atoms with van der Waals surface area (Å²) >= 11 is 0. The molecule has 0 bridgehead atoms. The van der Waals surface area contributed by atoms with Gasteiger partial charge in [-0.25, -0.2) is 9.37 Å². The van der Waals surface area contributed by atoms with Crippen LogP contribution in [0.25, 0.3) is 5.65 Å². The number of hydrogen-bond acceptors (Lipinski definition) is 2. The van der Waals surface area contributed by atoms with Crippen LogP contribution in [0, 0.1) is 5.82 Å². The van der Waals surface area contributed by atoms with Crippen molar-refractivity contribution in [2.75, 3.05) is 0 Å². The van der Waals surface area contributed by atoms with Crippen LogP contribution in [0.2, 0.25) is 0 Å². The Labute approximate surface area is 162 Å². The summed E-state index contributed by atoms with van der Waals surface area (Å²) in [5.41, 5.74) is 3.07. The second-order valence-corrected chi connectivity index (χ2v) is 6.65. The molecule has 4 nitrogen and oxygen atoms in total. The third kappa shape index (κ3) is 3.78. The number of carbonyl (C=O) groups is 1. The molecule has 0 radical (unpaired) electrons. The Kier molecular flexibility index (Phi) is 5.15. The number of nitrogens with one attached hydrogen (secondary N) is 1. The molecule has 0 spiro atoms. The summed E-state index contributed by atoms with van der Waals surface area (Å²) < 4.78 is 16.5. The maximum atomic E-state index is 14.6. The summed E-state index contributed by atoms with van der Waals surface area (Å²) in [6, 6.07) is 22.0. The van der Waals surface area contributed by atoms with E-state index in [-0.39, 0.29) is 18.1 Å². The van der Waals surface area contributed by atoms with Crippen molar-refractivity contribution in [3.63, 3.8) is 0 Å². The predicted octanol–water partition coefficient (Wildman–Crippen LogP) is 4.31. The van der Waals surface area contributed by atoms with Gasteiger partial charge in [0.05, 0.1) is 5.69 Å². The van der Waals surface area contributed by atoms with Gasteiger partial charge in [-0.1, -0.05) is 54.6 Å². The van der Waals surface area contributed by atoms with Crippen molar-refractivity contribution in [3.05, 3.63) is 108 Å². The first-order valence-corrected chi connectivity index (χ1v) is 9.19. The molecule has 2 aromatic heterocycles. The van der Waals surface area contributed by atoms with Crippen molar-refractivity contribution in [1.29, 1.82) is 0 Å². The van der Waals surface area contributed by atoms with Crippen molar-refractivity contribution in [1.82, 2.24) is 14.7 Å². The highest BCUT2D eigenvalue weighted by atomic mass is 19.1. The average molecular weight is 373 g/mol. The minimum atomic E-state index is -0.436. The first kappa shape index (κ1) is 17.9. The van der Waals surface area contributed by atoms with Gasteiger partial charge in [-0.2, -0.15) is 0 Å². The normalized spacial score (nSPS) is 12.0. The first-order valence-electron chi connectivity index (χ1n) is 9.19. The zero-order valence-electron chi connectivity index (χ0n) is 15.3. The van der Waals surface area contributed by atoms with E-state index in [0.29, 0.717) is 12.1 Å². The van der Waals surface area contributed by atoms with Crippen molar-refractivity contribution in [2.24, 2.45) is 0 Å². The fourth-order valence-corrected chi connectivity index (χ4v) is 3.40. The average Bonchev–Trinajstić information content (AvgIpc) is 3.16. The number of hydrogen-bond donors (Lipinski definition) is 1. The summed E-state index contributed by atoms with van der Waals surface area (Å²) in [7, 11) is 0. The number of imidazole rings is 1. The molecular formula is C23H20FN3O. The molecule has 1 amide bonds. The van der Waals surface area contributed by atoms with E-state index in [0.717, 1.165) is 16.9 Å². The molecule has 0 saturated heterocycles. The topological polar surface area (TPSA) is 46.4 Å². The molecule has 4 rings (SSSR count). The van der Waals surface area contributed by atoms with Crippen LogP contribution in [0.1, 0.15) is 29.2 Å². The van der Waals surface area contributed by atoms with Crippen LogP contribution in [0.15, 0.2) is 85.2 Å². The van der Waals surface area contributed by atoms with Crippen molar-refractivity contribution >= 4 is 11.6 Å². The maximum Gasteiger partial charge on any atom is 0.221 e. The molecule has 0 aliphatic heterocycles. The summed E-state index contributed by atoms with van der Waals surface area (Å²) in [4.78, 5) is 17.1. The van der Waals surface area contributed by atoms with Crippen molar-refractivity contribution in [2.45, 2.75) is 18.9 Å². The fraction of sp³-hybridized carbons (Fsp3) is 0.130. The van der Waals surface area contributed by atoms with Gasteiger partial charge in [0, 0.05) is 31.3 Å². The molecule has 5 heteroatoms. The molecular weight excluding hydrogens is 353 g/mol. The lowest BCUT2D eigenvalue weighted by Gasteiger charge is -2.18. The van der Waals surface area contributed by atoms with E-state index in [4.69, 9.17) is 0 Å². The molecule has 140 valence electrons. The van der Waals surface area contributed by atoms with Crippen LogP contribution in [0.4, 0.5) is 4.39 Å². The van der Waals surface area contributed by atoms with Gasteiger partial charge in [0.2, 0.25) is 5.91 Å². The molecule has 1 N–H and O–H groups in total. The molecule has 0 aliphatic carbocycles. The number of rotatable bonds is 6. The lowest BCUT2D eigenvalue weighted by Crippen LogP contribution is -2.25. The molecule has 1 atom stereocenters. The quantitative estimate of drug-likeness (QED) is 0.547. The van der Waals surface area contributed by atoms with Crippen LogP contribution >= 0.6 is 0 Å². The molecule has 0 fully saturated rings. The second-order valence-electron chi connectivity index (χ2n) is 6.65. The zero-order chi connectivity index (χ0) is 19.3. The second kappa shape index (κ2) is 8.05. The van der Waals surface area contributed by atoms with Crippen LogP contribution in [-0.2, 0) is 11.3 Å². The number of amides is 1. The van der Waals surface area contributed by atoms with Crippen LogP contribution in [0.3, 0.4) is 0 Å². The Balaban J connectivity index is 1.62. The fourth-order valence-electron chi connectivity index (χ4n) is 3.40. The van der Waals surface area contributed by atoms with Gasteiger partial charge in [0.25, 0.3) is 0 Å². The molecule has 0 aliphatic rings. The smallest absolute Gasteiger partial charge is 0.221 e. The number of halogens is 1. The Morgan fingerprint density at radius 3 is 2.57 bits per heavy atom. The standard InChI is InChI=1S/C23H20FN3O/c24-20-11-5-4-10-18(20)19(21-16-25-22-12-6-7-13-27(21)22)14-23(28)26-15-17-8-2-1-3-9-17/h1-13,16,19H,14-15H2,(H,26,28). The predicted molar refractivity (Wildman–Crippen MR) is 106 cm³/mol. The number of benzene rings is 2. The molecule has 2 heterocycles. The Hall–Kier alpha value is -3.47. The van der Waals surface area contributed by atoms with Gasteiger partial charge in [0.1, 0.15) is 11.5 Å². The first-order chi connectivity index (χ1) is 13.7. The lowest BCUT2D eigenvalue weighted by atomic mass is 9.92. The van der Waals surface area contributed by atoms with Gasteiger partial charge in [-0.15, -0.1) is 0 Å². The van der Waals surface area contributed by atoms with E-state index >= 15 is 0 Å². The Morgan fingerprint density at radius 2 is 1.75 bits per heavy atom. The largest absolute Gasteiger partial charge is 0.352 e. The highest BCUT2D eigenvalue weighted by Crippen LogP contribution is 2.30. The van der Waals surface area contributed by atoms with E-state index in [1.165, 1.54) is 6.07 Å². The minimum absolute atomic E-state index is 0.135. The van der Waals surface area contributed by atoms with Crippen LogP contribution in [-0.4, -0.2) is 15.3 Å². The number of fused-ring (bicyclic) bond motifs is 1. The lowest BCUT2D eigenvalue weighted by molar-refractivity contribution is -0.121. The summed E-state index contributed by atoms with van der Waals surface area (Å²) in [6.45, 7) is 0.441. The number of nitrogens with zero attached hydrogens (tertiary/aromatic N) is 2. The Morgan fingerprint density at radius 1 is 1.00 bits per heavy atom. The summed E-state index contributed by atoms with van der Waals surface area (Å²) in [5, 5.41) is 2.94. The van der Waals surface area contributed by atoms with Gasteiger partial charge in [0.15, 0.2) is 0 Å². The van der Waals surface area contributed by atoms with E-state index < -0.39 is 5.92 Å². The molecule has 0 saturated carbocycles. The highest BCUT2D eigenvalue weighted by molar-refractivity contribution is 5.77. The number of aromatic nitrogens is 2. The van der Waals surface area contributed by atoms with Gasteiger partial charge in [-0.05, 0) is 29.3 Å². The Bertz CT molecular complexity index is 1090.